The molecule has 2 N–H and O–H groups in total. The number of hydrogen-bond acceptors (Lipinski definition) is 5. The molecule has 0 atom stereocenters. The number of para-hydroxylation sites is 1. The van der Waals surface area contributed by atoms with Gasteiger partial charge in [-0.25, -0.2) is 4.98 Å². The van der Waals surface area contributed by atoms with E-state index >= 15 is 0 Å². The summed E-state index contributed by atoms with van der Waals surface area (Å²) in [6.45, 7) is 0. The smallest absolute Gasteiger partial charge is 0.276 e. The van der Waals surface area contributed by atoms with Crippen LogP contribution < -0.4 is 10.6 Å². The molecular formula is C25H21N7O2. The van der Waals surface area contributed by atoms with E-state index < -0.39 is 0 Å². The summed E-state index contributed by atoms with van der Waals surface area (Å²) in [6, 6.07) is 17.9. The summed E-state index contributed by atoms with van der Waals surface area (Å²) in [5, 5.41) is 14.8. The molecule has 0 unspecified atom stereocenters. The number of pyridine rings is 1. The molecule has 9 nitrogen and oxygen atoms in total. The number of nitrogens with one attached hydrogen (secondary N) is 2. The maximum Gasteiger partial charge on any atom is 0.276 e. The molecule has 0 saturated heterocycles. The quantitative estimate of drug-likeness (QED) is 0.422. The average Bonchev–Trinajstić information content (AvgIpc) is 3.47. The van der Waals surface area contributed by atoms with Crippen LogP contribution in [0.1, 0.15) is 20.8 Å². The average molecular weight is 451 g/mol. The summed E-state index contributed by atoms with van der Waals surface area (Å²) >= 11 is 0. The van der Waals surface area contributed by atoms with Crippen LogP contribution in [0.5, 0.6) is 0 Å². The summed E-state index contributed by atoms with van der Waals surface area (Å²) in [5.41, 5.74) is 4.09. The first-order valence-corrected chi connectivity index (χ1v) is 10.6. The van der Waals surface area contributed by atoms with E-state index in [1.165, 1.54) is 0 Å². The number of benzene rings is 2. The lowest BCUT2D eigenvalue weighted by Gasteiger charge is -2.11. The first-order chi connectivity index (χ1) is 16.5. The van der Waals surface area contributed by atoms with E-state index in [1.54, 1.807) is 65.2 Å². The third-order valence-corrected chi connectivity index (χ3v) is 5.29. The van der Waals surface area contributed by atoms with Crippen molar-refractivity contribution in [1.29, 1.82) is 0 Å². The zero-order valence-corrected chi connectivity index (χ0v) is 18.6. The van der Waals surface area contributed by atoms with Gasteiger partial charge in [-0.3, -0.25) is 19.0 Å². The highest BCUT2D eigenvalue weighted by Gasteiger charge is 2.16. The minimum atomic E-state index is -0.328. The molecule has 2 aromatic carbocycles. The summed E-state index contributed by atoms with van der Waals surface area (Å²) in [6.07, 6.45) is 5.27. The van der Waals surface area contributed by atoms with E-state index in [9.17, 15) is 9.59 Å². The summed E-state index contributed by atoms with van der Waals surface area (Å²) in [7, 11) is 3.58. The second kappa shape index (κ2) is 8.62. The Balaban J connectivity index is 1.43. The van der Waals surface area contributed by atoms with E-state index in [-0.39, 0.29) is 11.8 Å². The van der Waals surface area contributed by atoms with Crippen LogP contribution in [-0.4, -0.2) is 36.4 Å². The fourth-order valence-corrected chi connectivity index (χ4v) is 3.67. The number of anilines is 2. The van der Waals surface area contributed by atoms with E-state index in [0.717, 1.165) is 10.9 Å². The first-order valence-electron chi connectivity index (χ1n) is 10.6. The van der Waals surface area contributed by atoms with Crippen LogP contribution in [0.15, 0.2) is 79.3 Å². The molecule has 3 aromatic heterocycles. The number of rotatable bonds is 5. The van der Waals surface area contributed by atoms with Crippen LogP contribution in [0, 0.1) is 0 Å². The number of fused-ring (bicyclic) bond motifs is 1. The maximum absolute atomic E-state index is 13.3. The number of carbonyl (C=O) groups is 2. The zero-order valence-electron chi connectivity index (χ0n) is 18.6. The molecule has 0 saturated carbocycles. The molecule has 0 aliphatic carbocycles. The highest BCUT2D eigenvalue weighted by atomic mass is 16.2. The van der Waals surface area contributed by atoms with Crippen LogP contribution in [0.25, 0.3) is 22.2 Å². The Morgan fingerprint density at radius 2 is 1.62 bits per heavy atom. The second-order valence-corrected chi connectivity index (χ2v) is 7.84. The Hall–Kier alpha value is -4.79. The lowest BCUT2D eigenvalue weighted by molar-refractivity contribution is 0.101. The number of aromatic nitrogens is 5. The molecule has 0 aliphatic heterocycles. The number of nitrogens with zero attached hydrogens (tertiary/aromatic N) is 5. The van der Waals surface area contributed by atoms with Gasteiger partial charge in [0.2, 0.25) is 0 Å². The predicted octanol–water partition coefficient (Wildman–Crippen LogP) is 3.87. The lowest BCUT2D eigenvalue weighted by Crippen LogP contribution is -2.15. The summed E-state index contributed by atoms with van der Waals surface area (Å²) < 4.78 is 3.25. The van der Waals surface area contributed by atoms with Crippen molar-refractivity contribution < 1.29 is 9.59 Å². The Morgan fingerprint density at radius 3 is 2.32 bits per heavy atom. The van der Waals surface area contributed by atoms with Gasteiger partial charge in [0.1, 0.15) is 0 Å². The van der Waals surface area contributed by atoms with Crippen LogP contribution >= 0.6 is 0 Å². The fourth-order valence-electron chi connectivity index (χ4n) is 3.67. The van der Waals surface area contributed by atoms with Gasteiger partial charge >= 0.3 is 0 Å². The van der Waals surface area contributed by atoms with Crippen LogP contribution in [0.2, 0.25) is 0 Å². The Morgan fingerprint density at radius 1 is 0.853 bits per heavy atom. The number of amides is 2. The molecule has 5 aromatic rings. The standard InChI is InChI=1S/C25H21N7O2/c1-31-11-10-22(30-31)25(34)28-18-7-5-6-17(12-18)27-24(33)20-13-23(16-14-26-32(2)15-16)29-21-9-4-3-8-19(20)21/h3-15H,1-2H3,(H,27,33)(H,28,34). The van der Waals surface area contributed by atoms with Gasteiger partial charge in [0.05, 0.1) is 23.0 Å². The second-order valence-electron chi connectivity index (χ2n) is 7.84. The Kier molecular flexibility index (Phi) is 5.35. The molecule has 3 heterocycles. The van der Waals surface area contributed by atoms with Crippen molar-refractivity contribution in [2.45, 2.75) is 0 Å². The molecular weight excluding hydrogens is 430 g/mol. The van der Waals surface area contributed by atoms with Gasteiger partial charge < -0.3 is 10.6 Å². The van der Waals surface area contributed by atoms with Crippen molar-refractivity contribution in [2.24, 2.45) is 14.1 Å². The third-order valence-electron chi connectivity index (χ3n) is 5.29. The normalized spacial score (nSPS) is 10.9. The highest BCUT2D eigenvalue weighted by molar-refractivity contribution is 6.13. The summed E-state index contributed by atoms with van der Waals surface area (Å²) in [5.74, 6) is -0.609. The third kappa shape index (κ3) is 4.26. The van der Waals surface area contributed by atoms with Crippen molar-refractivity contribution in [3.05, 3.63) is 90.5 Å². The van der Waals surface area contributed by atoms with E-state index in [4.69, 9.17) is 4.98 Å². The van der Waals surface area contributed by atoms with Gasteiger partial charge in [0.25, 0.3) is 11.8 Å². The SMILES string of the molecule is Cn1cc(-c2cc(C(=O)Nc3cccc(NC(=O)c4ccn(C)n4)c3)c3ccccc3n2)cn1. The van der Waals surface area contributed by atoms with E-state index in [0.29, 0.717) is 33.8 Å². The molecule has 0 spiro atoms. The number of aryl methyl sites for hydroxylation is 2. The van der Waals surface area contributed by atoms with Gasteiger partial charge in [-0.1, -0.05) is 24.3 Å². The van der Waals surface area contributed by atoms with Crippen LogP contribution in [0.4, 0.5) is 11.4 Å². The van der Waals surface area contributed by atoms with Crippen molar-refractivity contribution in [3.8, 4) is 11.3 Å². The molecule has 34 heavy (non-hydrogen) atoms. The summed E-state index contributed by atoms with van der Waals surface area (Å²) in [4.78, 5) is 30.4. The van der Waals surface area contributed by atoms with E-state index in [2.05, 4.69) is 20.8 Å². The minimum Gasteiger partial charge on any atom is -0.322 e. The Bertz CT molecular complexity index is 1530. The molecule has 0 aliphatic rings. The largest absolute Gasteiger partial charge is 0.322 e. The fraction of sp³-hybridized carbons (Fsp3) is 0.0800. The predicted molar refractivity (Wildman–Crippen MR) is 130 cm³/mol. The number of hydrogen-bond donors (Lipinski definition) is 2. The molecule has 168 valence electrons. The van der Waals surface area contributed by atoms with Gasteiger partial charge in [0.15, 0.2) is 5.69 Å². The maximum atomic E-state index is 13.3. The zero-order chi connectivity index (χ0) is 23.7. The Labute approximate surface area is 195 Å². The molecule has 9 heteroatoms. The van der Waals surface area contributed by atoms with Crippen molar-refractivity contribution in [3.63, 3.8) is 0 Å². The van der Waals surface area contributed by atoms with Gasteiger partial charge in [-0.2, -0.15) is 10.2 Å². The molecule has 0 bridgehead atoms. The molecule has 2 amide bonds. The number of carbonyl (C=O) groups excluding carboxylic acids is 2. The molecule has 0 radical (unpaired) electrons. The highest BCUT2D eigenvalue weighted by Crippen LogP contribution is 2.26. The van der Waals surface area contributed by atoms with Crippen molar-refractivity contribution >= 4 is 34.1 Å². The first kappa shape index (κ1) is 21.1. The monoisotopic (exact) mass is 451 g/mol. The lowest BCUT2D eigenvalue weighted by atomic mass is 10.0. The minimum absolute atomic E-state index is 0.281. The van der Waals surface area contributed by atoms with Crippen LogP contribution in [-0.2, 0) is 14.1 Å². The van der Waals surface area contributed by atoms with Gasteiger partial charge in [-0.15, -0.1) is 0 Å². The van der Waals surface area contributed by atoms with Crippen molar-refractivity contribution in [1.82, 2.24) is 24.5 Å². The molecule has 0 fully saturated rings. The van der Waals surface area contributed by atoms with Gasteiger partial charge in [0, 0.05) is 48.8 Å². The van der Waals surface area contributed by atoms with Gasteiger partial charge in [-0.05, 0) is 36.4 Å². The van der Waals surface area contributed by atoms with Crippen LogP contribution in [0.3, 0.4) is 0 Å². The van der Waals surface area contributed by atoms with E-state index in [1.807, 2.05) is 37.5 Å². The molecule has 5 rings (SSSR count). The van der Waals surface area contributed by atoms with Crippen molar-refractivity contribution in [2.75, 3.05) is 10.6 Å². The topological polar surface area (TPSA) is 107 Å².